The largest absolute Gasteiger partial charge is 0.496 e. The van der Waals surface area contributed by atoms with Gasteiger partial charge in [-0.15, -0.1) is 0 Å². The average Bonchev–Trinajstić information content (AvgIpc) is 2.72. The second-order valence-electron chi connectivity index (χ2n) is 3.98. The number of H-pyrrole nitrogens is 1. The van der Waals surface area contributed by atoms with E-state index in [9.17, 15) is 0 Å². The maximum Gasteiger partial charge on any atom is 0.127 e. The van der Waals surface area contributed by atoms with Crippen molar-refractivity contribution in [3.05, 3.63) is 46.0 Å². The van der Waals surface area contributed by atoms with Gasteiger partial charge in [-0.3, -0.25) is 0 Å². The van der Waals surface area contributed by atoms with Crippen LogP contribution in [-0.2, 0) is 12.8 Å². The van der Waals surface area contributed by atoms with Crippen molar-refractivity contribution in [2.24, 2.45) is 0 Å². The molecule has 4 heteroatoms. The van der Waals surface area contributed by atoms with Crippen molar-refractivity contribution >= 4 is 15.9 Å². The lowest BCUT2D eigenvalue weighted by Crippen LogP contribution is -1.94. The minimum atomic E-state index is 0.905. The van der Waals surface area contributed by atoms with E-state index in [1.807, 2.05) is 6.07 Å². The molecule has 0 aliphatic carbocycles. The minimum absolute atomic E-state index is 0.905. The van der Waals surface area contributed by atoms with E-state index in [4.69, 9.17) is 4.74 Å². The van der Waals surface area contributed by atoms with Crippen molar-refractivity contribution < 1.29 is 4.74 Å². The molecule has 1 aromatic carbocycles. The zero-order valence-corrected chi connectivity index (χ0v) is 11.5. The average molecular weight is 295 g/mol. The first-order chi connectivity index (χ1) is 8.20. The van der Waals surface area contributed by atoms with E-state index in [0.29, 0.717) is 0 Å². The van der Waals surface area contributed by atoms with Crippen LogP contribution < -0.4 is 4.74 Å². The third kappa shape index (κ3) is 2.88. The molecular weight excluding hydrogens is 280 g/mol. The molecule has 0 amide bonds. The smallest absolute Gasteiger partial charge is 0.127 e. The Kier molecular flexibility index (Phi) is 3.84. The molecule has 1 heterocycles. The van der Waals surface area contributed by atoms with Crippen molar-refractivity contribution in [2.45, 2.75) is 19.8 Å². The second kappa shape index (κ2) is 5.36. The molecule has 0 fully saturated rings. The number of ether oxygens (including phenoxy) is 1. The number of halogens is 1. The van der Waals surface area contributed by atoms with Gasteiger partial charge in [0.1, 0.15) is 10.4 Å². The summed E-state index contributed by atoms with van der Waals surface area (Å²) >= 11 is 3.41. The topological polar surface area (TPSA) is 37.9 Å². The highest BCUT2D eigenvalue weighted by molar-refractivity contribution is 9.10. The molecule has 3 nitrogen and oxygen atoms in total. The van der Waals surface area contributed by atoms with Crippen molar-refractivity contribution in [3.63, 3.8) is 0 Å². The van der Waals surface area contributed by atoms with Gasteiger partial charge in [0, 0.05) is 5.69 Å². The van der Waals surface area contributed by atoms with Crippen LogP contribution in [0.5, 0.6) is 5.75 Å². The van der Waals surface area contributed by atoms with Crippen LogP contribution in [0, 0.1) is 6.92 Å². The third-order valence-electron chi connectivity index (χ3n) is 2.79. The fourth-order valence-electron chi connectivity index (χ4n) is 1.85. The van der Waals surface area contributed by atoms with E-state index in [1.54, 1.807) is 13.4 Å². The van der Waals surface area contributed by atoms with E-state index < -0.39 is 0 Å². The zero-order chi connectivity index (χ0) is 12.3. The molecule has 1 aromatic heterocycles. The molecule has 0 aliphatic heterocycles. The van der Waals surface area contributed by atoms with Crippen LogP contribution in [0.1, 0.15) is 16.8 Å². The van der Waals surface area contributed by atoms with Gasteiger partial charge in [0.25, 0.3) is 0 Å². The molecule has 2 rings (SSSR count). The van der Waals surface area contributed by atoms with Gasteiger partial charge in [-0.05, 0) is 52.9 Å². The van der Waals surface area contributed by atoms with Crippen molar-refractivity contribution in [1.82, 2.24) is 9.97 Å². The lowest BCUT2D eigenvalue weighted by atomic mass is 10.1. The summed E-state index contributed by atoms with van der Waals surface area (Å²) in [5, 5.41) is 0. The fraction of sp³-hybridized carbons (Fsp3) is 0.308. The number of methoxy groups -OCH3 is 1. The van der Waals surface area contributed by atoms with Crippen molar-refractivity contribution in [2.75, 3.05) is 7.11 Å². The molecular formula is C13H15BrN2O. The number of aryl methyl sites for hydroxylation is 3. The van der Waals surface area contributed by atoms with E-state index in [-0.39, 0.29) is 0 Å². The fourth-order valence-corrected chi connectivity index (χ4v) is 2.26. The summed E-state index contributed by atoms with van der Waals surface area (Å²) in [5.41, 5.74) is 3.62. The predicted molar refractivity (Wildman–Crippen MR) is 71.4 cm³/mol. The molecule has 90 valence electrons. The Balaban J connectivity index is 2.05. The number of hydrogen-bond acceptors (Lipinski definition) is 2. The van der Waals surface area contributed by atoms with Gasteiger partial charge in [-0.1, -0.05) is 12.1 Å². The molecule has 2 aromatic rings. The molecule has 0 saturated heterocycles. The summed E-state index contributed by atoms with van der Waals surface area (Å²) in [7, 11) is 1.70. The highest BCUT2D eigenvalue weighted by atomic mass is 79.9. The minimum Gasteiger partial charge on any atom is -0.496 e. The van der Waals surface area contributed by atoms with E-state index in [2.05, 4.69) is 45.0 Å². The monoisotopic (exact) mass is 294 g/mol. The number of imidazole rings is 1. The molecule has 0 atom stereocenters. The Labute approximate surface area is 109 Å². The Morgan fingerprint density at radius 3 is 2.76 bits per heavy atom. The van der Waals surface area contributed by atoms with Crippen LogP contribution in [0.25, 0.3) is 0 Å². The lowest BCUT2D eigenvalue weighted by Gasteiger charge is -2.07. The van der Waals surface area contributed by atoms with Gasteiger partial charge >= 0.3 is 0 Å². The van der Waals surface area contributed by atoms with E-state index in [0.717, 1.165) is 28.9 Å². The molecule has 17 heavy (non-hydrogen) atoms. The predicted octanol–water partition coefficient (Wildman–Crippen LogP) is 3.27. The maximum absolute atomic E-state index is 5.25. The Bertz CT molecular complexity index is 508. The SMILES string of the molecule is COc1ccc(CCc2[nH]cnc2Br)cc1C. The van der Waals surface area contributed by atoms with Gasteiger partial charge in [-0.2, -0.15) is 0 Å². The molecule has 0 saturated carbocycles. The Morgan fingerprint density at radius 2 is 2.18 bits per heavy atom. The number of aromatic nitrogens is 2. The first-order valence-electron chi connectivity index (χ1n) is 5.52. The van der Waals surface area contributed by atoms with Crippen molar-refractivity contribution in [1.29, 1.82) is 0 Å². The highest BCUT2D eigenvalue weighted by Crippen LogP contribution is 2.20. The summed E-state index contributed by atoms with van der Waals surface area (Å²) in [6, 6.07) is 6.30. The summed E-state index contributed by atoms with van der Waals surface area (Å²) in [6.45, 7) is 2.06. The standard InChI is InChI=1S/C13H15BrN2O/c1-9-7-10(4-6-12(9)17-2)3-5-11-13(14)16-8-15-11/h4,6-8H,3,5H2,1-2H3,(H,15,16). The van der Waals surface area contributed by atoms with Crippen LogP contribution in [0.2, 0.25) is 0 Å². The first-order valence-corrected chi connectivity index (χ1v) is 6.31. The van der Waals surface area contributed by atoms with Gasteiger partial charge in [0.05, 0.1) is 13.4 Å². The molecule has 0 aliphatic rings. The Morgan fingerprint density at radius 1 is 1.35 bits per heavy atom. The number of benzene rings is 1. The normalized spacial score (nSPS) is 10.5. The first kappa shape index (κ1) is 12.2. The van der Waals surface area contributed by atoms with Gasteiger partial charge in [0.15, 0.2) is 0 Å². The number of nitrogens with zero attached hydrogens (tertiary/aromatic N) is 1. The molecule has 0 unspecified atom stereocenters. The number of rotatable bonds is 4. The lowest BCUT2D eigenvalue weighted by molar-refractivity contribution is 0.411. The maximum atomic E-state index is 5.25. The zero-order valence-electron chi connectivity index (χ0n) is 9.96. The van der Waals surface area contributed by atoms with E-state index in [1.165, 1.54) is 11.1 Å². The van der Waals surface area contributed by atoms with Crippen LogP contribution in [0.3, 0.4) is 0 Å². The molecule has 0 spiro atoms. The quantitative estimate of drug-likeness (QED) is 0.940. The summed E-state index contributed by atoms with van der Waals surface area (Å²) in [6.07, 6.45) is 3.65. The van der Waals surface area contributed by atoms with Gasteiger partial charge in [0.2, 0.25) is 0 Å². The molecule has 0 bridgehead atoms. The summed E-state index contributed by atoms with van der Waals surface area (Å²) < 4.78 is 6.15. The van der Waals surface area contributed by atoms with E-state index >= 15 is 0 Å². The summed E-state index contributed by atoms with van der Waals surface area (Å²) in [5.74, 6) is 0.941. The molecule has 0 radical (unpaired) electrons. The number of nitrogens with one attached hydrogen (secondary N) is 1. The van der Waals surface area contributed by atoms with Gasteiger partial charge in [-0.25, -0.2) is 4.98 Å². The number of hydrogen-bond donors (Lipinski definition) is 1. The summed E-state index contributed by atoms with van der Waals surface area (Å²) in [4.78, 5) is 7.25. The van der Waals surface area contributed by atoms with Crippen LogP contribution in [0.4, 0.5) is 0 Å². The van der Waals surface area contributed by atoms with Crippen LogP contribution in [0.15, 0.2) is 29.1 Å². The van der Waals surface area contributed by atoms with Crippen LogP contribution in [-0.4, -0.2) is 17.1 Å². The van der Waals surface area contributed by atoms with Crippen molar-refractivity contribution in [3.8, 4) is 5.75 Å². The van der Waals surface area contributed by atoms with Gasteiger partial charge < -0.3 is 9.72 Å². The molecule has 1 N–H and O–H groups in total. The third-order valence-corrected chi connectivity index (χ3v) is 3.47. The Hall–Kier alpha value is -1.29. The highest BCUT2D eigenvalue weighted by Gasteiger charge is 2.04. The number of aromatic amines is 1. The van der Waals surface area contributed by atoms with Crippen LogP contribution >= 0.6 is 15.9 Å². The second-order valence-corrected chi connectivity index (χ2v) is 4.73.